The van der Waals surface area contributed by atoms with E-state index in [0.717, 1.165) is 11.4 Å². The summed E-state index contributed by atoms with van der Waals surface area (Å²) in [6.07, 6.45) is 1.65. The lowest BCUT2D eigenvalue weighted by atomic mass is 10.3. The molecule has 5 heteroatoms. The van der Waals surface area contributed by atoms with Gasteiger partial charge in [-0.25, -0.2) is 0 Å². The highest BCUT2D eigenvalue weighted by Crippen LogP contribution is 2.29. The number of halogens is 2. The van der Waals surface area contributed by atoms with Gasteiger partial charge in [0.05, 0.1) is 17.8 Å². The van der Waals surface area contributed by atoms with E-state index in [1.54, 1.807) is 6.20 Å². The van der Waals surface area contributed by atoms with Gasteiger partial charge in [0.2, 0.25) is 0 Å². The molecule has 13 heavy (non-hydrogen) atoms. The van der Waals surface area contributed by atoms with Gasteiger partial charge >= 0.3 is 0 Å². The van der Waals surface area contributed by atoms with Crippen molar-refractivity contribution in [2.75, 3.05) is 13.2 Å². The molecule has 3 nitrogen and oxygen atoms in total. The summed E-state index contributed by atoms with van der Waals surface area (Å²) in [5.74, 6) is 1.85. The van der Waals surface area contributed by atoms with Crippen LogP contribution in [0.15, 0.2) is 12.3 Å². The topological polar surface area (TPSA) is 31.4 Å². The highest BCUT2D eigenvalue weighted by Gasteiger charge is 2.11. The predicted octanol–water partition coefficient (Wildman–Crippen LogP) is 2.01. The van der Waals surface area contributed by atoms with Crippen molar-refractivity contribution in [1.82, 2.24) is 4.98 Å². The summed E-state index contributed by atoms with van der Waals surface area (Å²) in [7, 11) is 0. The van der Waals surface area contributed by atoms with Gasteiger partial charge in [-0.1, -0.05) is 0 Å². The molecule has 2 heterocycles. The molecule has 0 saturated carbocycles. The second kappa shape index (κ2) is 4.53. The van der Waals surface area contributed by atoms with Crippen molar-refractivity contribution in [2.24, 2.45) is 0 Å². The van der Waals surface area contributed by atoms with Gasteiger partial charge in [-0.15, -0.1) is 24.0 Å². The molecule has 1 aliphatic rings. The fourth-order valence-electron chi connectivity index (χ4n) is 1.06. The number of hydrogen-bond acceptors (Lipinski definition) is 3. The van der Waals surface area contributed by atoms with Crippen LogP contribution in [0.1, 0.15) is 5.69 Å². The van der Waals surface area contributed by atoms with Crippen LogP contribution < -0.4 is 9.47 Å². The molecular formula is C8H9Cl2NO2. The molecule has 0 bridgehead atoms. The SMILES string of the molecule is Cl.ClCc1cc2c(cn1)OCCO2. The Hall–Kier alpha value is -0.670. The molecule has 0 atom stereocenters. The maximum Gasteiger partial charge on any atom is 0.179 e. The van der Waals surface area contributed by atoms with Gasteiger partial charge in [0.1, 0.15) is 13.2 Å². The second-order valence-corrected chi connectivity index (χ2v) is 2.72. The highest BCUT2D eigenvalue weighted by atomic mass is 35.5. The normalized spacial score (nSPS) is 13.3. The Balaban J connectivity index is 0.000000845. The van der Waals surface area contributed by atoms with E-state index < -0.39 is 0 Å². The molecule has 0 unspecified atom stereocenters. The monoisotopic (exact) mass is 221 g/mol. The maximum absolute atomic E-state index is 5.61. The minimum Gasteiger partial charge on any atom is -0.486 e. The Bertz CT molecular complexity index is 293. The van der Waals surface area contributed by atoms with Crippen molar-refractivity contribution in [3.05, 3.63) is 18.0 Å². The van der Waals surface area contributed by atoms with Gasteiger partial charge in [-0.05, 0) is 0 Å². The maximum atomic E-state index is 5.61. The lowest BCUT2D eigenvalue weighted by Gasteiger charge is -2.17. The largest absolute Gasteiger partial charge is 0.486 e. The van der Waals surface area contributed by atoms with Gasteiger partial charge in [0, 0.05) is 6.07 Å². The third-order valence-corrected chi connectivity index (χ3v) is 1.90. The van der Waals surface area contributed by atoms with E-state index >= 15 is 0 Å². The Morgan fingerprint density at radius 2 is 2.00 bits per heavy atom. The van der Waals surface area contributed by atoms with Crippen LogP contribution in [0, 0.1) is 0 Å². The van der Waals surface area contributed by atoms with Crippen LogP contribution >= 0.6 is 24.0 Å². The van der Waals surface area contributed by atoms with E-state index in [0.29, 0.717) is 24.8 Å². The molecule has 0 saturated heterocycles. The number of hydrogen-bond donors (Lipinski definition) is 0. The Kier molecular flexibility index (Phi) is 3.63. The van der Waals surface area contributed by atoms with Crippen LogP contribution in [0.2, 0.25) is 0 Å². The molecule has 0 aliphatic carbocycles. The number of ether oxygens (including phenoxy) is 2. The minimum atomic E-state index is 0. The first kappa shape index (κ1) is 10.4. The standard InChI is InChI=1S/C8H8ClNO2.ClH/c9-4-6-3-7-8(5-10-6)12-2-1-11-7;/h3,5H,1-2,4H2;1H. The van der Waals surface area contributed by atoms with Crippen LogP contribution in [0.3, 0.4) is 0 Å². The average molecular weight is 222 g/mol. The number of rotatable bonds is 1. The van der Waals surface area contributed by atoms with E-state index in [2.05, 4.69) is 4.98 Å². The van der Waals surface area contributed by atoms with Crippen molar-refractivity contribution >= 4 is 24.0 Å². The van der Waals surface area contributed by atoms with E-state index in [4.69, 9.17) is 21.1 Å². The molecule has 1 aromatic rings. The number of aromatic nitrogens is 1. The number of pyridine rings is 1. The summed E-state index contributed by atoms with van der Waals surface area (Å²) in [4.78, 5) is 4.07. The quantitative estimate of drug-likeness (QED) is 0.681. The van der Waals surface area contributed by atoms with Gasteiger partial charge in [-0.3, -0.25) is 4.98 Å². The predicted molar refractivity (Wildman–Crippen MR) is 52.0 cm³/mol. The minimum absolute atomic E-state index is 0. The highest BCUT2D eigenvalue weighted by molar-refractivity contribution is 6.16. The van der Waals surface area contributed by atoms with E-state index in [9.17, 15) is 0 Å². The Morgan fingerprint density at radius 1 is 1.31 bits per heavy atom. The van der Waals surface area contributed by atoms with Crippen LogP contribution in [0.5, 0.6) is 11.5 Å². The summed E-state index contributed by atoms with van der Waals surface area (Å²) >= 11 is 5.61. The van der Waals surface area contributed by atoms with Gasteiger partial charge in [0.15, 0.2) is 11.5 Å². The fraction of sp³-hybridized carbons (Fsp3) is 0.375. The number of fused-ring (bicyclic) bond motifs is 1. The van der Waals surface area contributed by atoms with E-state index in [1.165, 1.54) is 0 Å². The van der Waals surface area contributed by atoms with Crippen molar-refractivity contribution < 1.29 is 9.47 Å². The molecule has 2 rings (SSSR count). The number of nitrogens with zero attached hydrogens (tertiary/aromatic N) is 1. The number of alkyl halides is 1. The third-order valence-electron chi connectivity index (χ3n) is 1.62. The first-order valence-corrected chi connectivity index (χ1v) is 4.24. The van der Waals surface area contributed by atoms with E-state index in [-0.39, 0.29) is 12.4 Å². The van der Waals surface area contributed by atoms with Crippen LogP contribution in [-0.2, 0) is 5.88 Å². The van der Waals surface area contributed by atoms with Gasteiger partial charge in [-0.2, -0.15) is 0 Å². The summed E-state index contributed by atoms with van der Waals surface area (Å²) < 4.78 is 10.6. The lowest BCUT2D eigenvalue weighted by Crippen LogP contribution is -2.15. The summed E-state index contributed by atoms with van der Waals surface area (Å²) in [6.45, 7) is 1.19. The molecule has 0 spiro atoms. The first-order valence-electron chi connectivity index (χ1n) is 3.70. The Labute approximate surface area is 87.4 Å². The van der Waals surface area contributed by atoms with Crippen molar-refractivity contribution in [2.45, 2.75) is 5.88 Å². The van der Waals surface area contributed by atoms with Crippen molar-refractivity contribution in [1.29, 1.82) is 0 Å². The van der Waals surface area contributed by atoms with Crippen LogP contribution in [0.4, 0.5) is 0 Å². The molecule has 0 amide bonds. The zero-order valence-electron chi connectivity index (χ0n) is 6.83. The van der Waals surface area contributed by atoms with Gasteiger partial charge in [0.25, 0.3) is 0 Å². The first-order chi connectivity index (χ1) is 5.90. The molecular weight excluding hydrogens is 213 g/mol. The molecule has 0 radical (unpaired) electrons. The molecule has 0 N–H and O–H groups in total. The third kappa shape index (κ3) is 2.17. The Morgan fingerprint density at radius 3 is 2.69 bits per heavy atom. The lowest BCUT2D eigenvalue weighted by molar-refractivity contribution is 0.170. The second-order valence-electron chi connectivity index (χ2n) is 2.45. The molecule has 1 aromatic heterocycles. The van der Waals surface area contributed by atoms with Gasteiger partial charge < -0.3 is 9.47 Å². The van der Waals surface area contributed by atoms with Crippen LogP contribution in [0.25, 0.3) is 0 Å². The van der Waals surface area contributed by atoms with E-state index in [1.807, 2.05) is 6.07 Å². The smallest absolute Gasteiger partial charge is 0.179 e. The zero-order valence-corrected chi connectivity index (χ0v) is 8.40. The van der Waals surface area contributed by atoms with Crippen molar-refractivity contribution in [3.8, 4) is 11.5 Å². The van der Waals surface area contributed by atoms with Crippen LogP contribution in [-0.4, -0.2) is 18.2 Å². The molecule has 0 fully saturated rings. The zero-order chi connectivity index (χ0) is 8.39. The molecule has 0 aromatic carbocycles. The average Bonchev–Trinajstić information content (AvgIpc) is 2.17. The molecule has 72 valence electrons. The summed E-state index contributed by atoms with van der Waals surface area (Å²) in [5.41, 5.74) is 0.806. The fourth-order valence-corrected chi connectivity index (χ4v) is 1.21. The van der Waals surface area contributed by atoms with Crippen molar-refractivity contribution in [3.63, 3.8) is 0 Å². The summed E-state index contributed by atoms with van der Waals surface area (Å²) in [5, 5.41) is 0. The summed E-state index contributed by atoms with van der Waals surface area (Å²) in [6, 6.07) is 1.81. The molecule has 1 aliphatic heterocycles.